The van der Waals surface area contributed by atoms with Crippen LogP contribution in [-0.2, 0) is 17.9 Å². The number of hydrogen-bond acceptors (Lipinski definition) is 6. The molecule has 190 valence electrons. The molecule has 8 heteroatoms. The molecule has 0 aliphatic rings. The lowest BCUT2D eigenvalue weighted by molar-refractivity contribution is -0.120. The van der Waals surface area contributed by atoms with Crippen molar-refractivity contribution in [3.8, 4) is 23.0 Å². The molecular formula is C28H32N2O6. The molecule has 2 amide bonds. The van der Waals surface area contributed by atoms with Crippen LogP contribution in [-0.4, -0.2) is 38.7 Å². The van der Waals surface area contributed by atoms with E-state index in [4.69, 9.17) is 18.9 Å². The first-order chi connectivity index (χ1) is 17.5. The van der Waals surface area contributed by atoms with Gasteiger partial charge in [-0.1, -0.05) is 36.4 Å². The van der Waals surface area contributed by atoms with E-state index < -0.39 is 0 Å². The molecule has 0 atom stereocenters. The molecule has 3 aromatic carbocycles. The first-order valence-electron chi connectivity index (χ1n) is 11.8. The van der Waals surface area contributed by atoms with Gasteiger partial charge in [0.15, 0.2) is 23.0 Å². The summed E-state index contributed by atoms with van der Waals surface area (Å²) in [6.07, 6.45) is 0. The fourth-order valence-corrected chi connectivity index (χ4v) is 3.39. The molecule has 2 N–H and O–H groups in total. The van der Waals surface area contributed by atoms with Crippen LogP contribution in [0, 0.1) is 0 Å². The SMILES string of the molecule is CCOc1ccc(C(=O)NCC(=O)NCc2ccc(OCc3ccccc3)c(OC)c2)cc1OCC. The normalized spacial score (nSPS) is 10.3. The lowest BCUT2D eigenvalue weighted by Crippen LogP contribution is -2.36. The topological polar surface area (TPSA) is 95.1 Å². The van der Waals surface area contributed by atoms with Crippen LogP contribution in [0.3, 0.4) is 0 Å². The van der Waals surface area contributed by atoms with Crippen LogP contribution in [0.4, 0.5) is 0 Å². The largest absolute Gasteiger partial charge is 0.493 e. The Bertz CT molecular complexity index is 1150. The van der Waals surface area contributed by atoms with Gasteiger partial charge in [-0.2, -0.15) is 0 Å². The van der Waals surface area contributed by atoms with E-state index in [0.717, 1.165) is 11.1 Å². The average Bonchev–Trinajstić information content (AvgIpc) is 2.91. The van der Waals surface area contributed by atoms with Crippen molar-refractivity contribution in [3.05, 3.63) is 83.4 Å². The number of nitrogens with one attached hydrogen (secondary N) is 2. The average molecular weight is 493 g/mol. The van der Waals surface area contributed by atoms with E-state index in [0.29, 0.717) is 48.4 Å². The zero-order valence-electron chi connectivity index (χ0n) is 20.8. The van der Waals surface area contributed by atoms with Crippen LogP contribution in [0.2, 0.25) is 0 Å². The van der Waals surface area contributed by atoms with Gasteiger partial charge < -0.3 is 29.6 Å². The zero-order chi connectivity index (χ0) is 25.8. The summed E-state index contributed by atoms with van der Waals surface area (Å²) in [6.45, 7) is 5.20. The first-order valence-corrected chi connectivity index (χ1v) is 11.8. The highest BCUT2D eigenvalue weighted by Gasteiger charge is 2.13. The van der Waals surface area contributed by atoms with E-state index in [1.807, 2.05) is 62.4 Å². The van der Waals surface area contributed by atoms with Crippen molar-refractivity contribution in [3.63, 3.8) is 0 Å². The molecule has 0 unspecified atom stereocenters. The third-order valence-corrected chi connectivity index (χ3v) is 5.17. The predicted molar refractivity (Wildman–Crippen MR) is 137 cm³/mol. The van der Waals surface area contributed by atoms with E-state index in [1.165, 1.54) is 0 Å². The number of carbonyl (C=O) groups is 2. The Morgan fingerprint density at radius 3 is 2.14 bits per heavy atom. The van der Waals surface area contributed by atoms with E-state index in [-0.39, 0.29) is 24.9 Å². The maximum atomic E-state index is 12.5. The molecule has 3 rings (SSSR count). The van der Waals surface area contributed by atoms with Gasteiger partial charge in [0.2, 0.25) is 5.91 Å². The van der Waals surface area contributed by atoms with E-state index >= 15 is 0 Å². The Morgan fingerprint density at radius 2 is 1.42 bits per heavy atom. The van der Waals surface area contributed by atoms with E-state index in [1.54, 1.807) is 25.3 Å². The minimum absolute atomic E-state index is 0.161. The molecule has 0 saturated heterocycles. The van der Waals surface area contributed by atoms with Crippen LogP contribution in [0.25, 0.3) is 0 Å². The molecule has 36 heavy (non-hydrogen) atoms. The Hall–Kier alpha value is -4.20. The minimum Gasteiger partial charge on any atom is -0.493 e. The van der Waals surface area contributed by atoms with Gasteiger partial charge in [0, 0.05) is 12.1 Å². The fraction of sp³-hybridized carbons (Fsp3) is 0.286. The van der Waals surface area contributed by atoms with Crippen molar-refractivity contribution >= 4 is 11.8 Å². The lowest BCUT2D eigenvalue weighted by atomic mass is 10.2. The van der Waals surface area contributed by atoms with Crippen molar-refractivity contribution in [2.45, 2.75) is 27.0 Å². The van der Waals surface area contributed by atoms with Crippen molar-refractivity contribution in [2.75, 3.05) is 26.9 Å². The van der Waals surface area contributed by atoms with Crippen molar-refractivity contribution < 1.29 is 28.5 Å². The molecule has 0 bridgehead atoms. The third kappa shape index (κ3) is 7.66. The Morgan fingerprint density at radius 1 is 0.722 bits per heavy atom. The van der Waals surface area contributed by atoms with Crippen LogP contribution in [0.15, 0.2) is 66.7 Å². The number of ether oxygens (including phenoxy) is 4. The molecule has 3 aromatic rings. The smallest absolute Gasteiger partial charge is 0.251 e. The number of benzene rings is 3. The highest BCUT2D eigenvalue weighted by Crippen LogP contribution is 2.29. The number of methoxy groups -OCH3 is 1. The number of rotatable bonds is 13. The third-order valence-electron chi connectivity index (χ3n) is 5.17. The second-order valence-corrected chi connectivity index (χ2v) is 7.75. The summed E-state index contributed by atoms with van der Waals surface area (Å²) in [5, 5.41) is 5.42. The minimum atomic E-state index is -0.379. The van der Waals surface area contributed by atoms with Crippen LogP contribution < -0.4 is 29.6 Å². The Labute approximate surface area is 211 Å². The molecule has 0 aromatic heterocycles. The number of hydrogen-bond donors (Lipinski definition) is 2. The van der Waals surface area contributed by atoms with Crippen molar-refractivity contribution in [2.24, 2.45) is 0 Å². The highest BCUT2D eigenvalue weighted by molar-refractivity contribution is 5.97. The second-order valence-electron chi connectivity index (χ2n) is 7.75. The molecule has 0 aliphatic heterocycles. The second kappa shape index (κ2) is 13.6. The first kappa shape index (κ1) is 26.4. The maximum Gasteiger partial charge on any atom is 0.251 e. The van der Waals surface area contributed by atoms with Gasteiger partial charge in [-0.15, -0.1) is 0 Å². The molecule has 0 saturated carbocycles. The summed E-state index contributed by atoms with van der Waals surface area (Å²) in [6, 6.07) is 20.3. The highest BCUT2D eigenvalue weighted by atomic mass is 16.5. The van der Waals surface area contributed by atoms with Gasteiger partial charge in [-0.3, -0.25) is 9.59 Å². The molecule has 0 radical (unpaired) electrons. The summed E-state index contributed by atoms with van der Waals surface area (Å²) in [7, 11) is 1.57. The number of carbonyl (C=O) groups excluding carboxylic acids is 2. The lowest BCUT2D eigenvalue weighted by Gasteiger charge is -2.13. The Kier molecular flexibility index (Phi) is 10.00. The number of amides is 2. The monoisotopic (exact) mass is 492 g/mol. The van der Waals surface area contributed by atoms with Gasteiger partial charge in [0.25, 0.3) is 5.91 Å². The van der Waals surface area contributed by atoms with Gasteiger partial charge in [0.1, 0.15) is 6.61 Å². The van der Waals surface area contributed by atoms with Gasteiger partial charge in [0.05, 0.1) is 26.9 Å². The summed E-state index contributed by atoms with van der Waals surface area (Å²) in [4.78, 5) is 24.8. The molecule has 0 aliphatic carbocycles. The van der Waals surface area contributed by atoms with Crippen molar-refractivity contribution in [1.82, 2.24) is 10.6 Å². The fourth-order valence-electron chi connectivity index (χ4n) is 3.39. The molecular weight excluding hydrogens is 460 g/mol. The summed E-state index contributed by atoms with van der Waals surface area (Å²) in [5.74, 6) is 1.55. The van der Waals surface area contributed by atoms with Crippen LogP contribution in [0.5, 0.6) is 23.0 Å². The quantitative estimate of drug-likeness (QED) is 0.373. The summed E-state index contributed by atoms with van der Waals surface area (Å²) >= 11 is 0. The summed E-state index contributed by atoms with van der Waals surface area (Å²) < 4.78 is 22.4. The van der Waals surface area contributed by atoms with Gasteiger partial charge in [-0.05, 0) is 55.3 Å². The molecule has 0 fully saturated rings. The van der Waals surface area contributed by atoms with E-state index in [2.05, 4.69) is 10.6 Å². The molecule has 0 spiro atoms. The standard InChI is InChI=1S/C28H32N2O6/c1-4-34-24-14-12-22(16-26(24)35-5-2)28(32)30-18-27(31)29-17-21-11-13-23(25(15-21)33-3)36-19-20-9-7-6-8-10-20/h6-16H,4-5,17-19H2,1-3H3,(H,29,31)(H,30,32). The van der Waals surface area contributed by atoms with Gasteiger partial charge in [-0.25, -0.2) is 0 Å². The summed E-state index contributed by atoms with van der Waals surface area (Å²) in [5.41, 5.74) is 2.27. The zero-order valence-corrected chi connectivity index (χ0v) is 20.8. The van der Waals surface area contributed by atoms with Crippen molar-refractivity contribution in [1.29, 1.82) is 0 Å². The van der Waals surface area contributed by atoms with Crippen LogP contribution in [0.1, 0.15) is 35.3 Å². The maximum absolute atomic E-state index is 12.5. The van der Waals surface area contributed by atoms with E-state index in [9.17, 15) is 9.59 Å². The van der Waals surface area contributed by atoms with Gasteiger partial charge >= 0.3 is 0 Å². The molecule has 8 nitrogen and oxygen atoms in total. The Balaban J connectivity index is 1.50. The predicted octanol–water partition coefficient (Wildman–Crippen LogP) is 4.12. The van der Waals surface area contributed by atoms with Crippen LogP contribution >= 0.6 is 0 Å². The molecule has 0 heterocycles.